The van der Waals surface area contributed by atoms with Gasteiger partial charge in [-0.2, -0.15) is 0 Å². The van der Waals surface area contributed by atoms with Gasteiger partial charge in [0.25, 0.3) is 0 Å². The molecular weight excluding hydrogens is 520 g/mol. The van der Waals surface area contributed by atoms with E-state index in [0.29, 0.717) is 25.0 Å². The van der Waals surface area contributed by atoms with Crippen molar-refractivity contribution in [2.24, 2.45) is 22.9 Å². The van der Waals surface area contributed by atoms with Gasteiger partial charge in [-0.15, -0.1) is 0 Å². The molecule has 13 nitrogen and oxygen atoms in total. The molecule has 0 bridgehead atoms. The van der Waals surface area contributed by atoms with E-state index in [0.717, 1.165) is 24.3 Å². The summed E-state index contributed by atoms with van der Waals surface area (Å²) in [4.78, 5) is -3.36. The number of nitrogens with two attached hydrogens (primary N) is 4. The third-order valence-corrected chi connectivity index (χ3v) is 10.0. The van der Waals surface area contributed by atoms with Crippen molar-refractivity contribution in [3.8, 4) is 0 Å². The molecule has 0 aromatic heterocycles. The summed E-state index contributed by atoms with van der Waals surface area (Å²) in [5.41, 5.74) is 18.8. The van der Waals surface area contributed by atoms with Crippen LogP contribution in [0.2, 0.25) is 0 Å². The van der Waals surface area contributed by atoms with Crippen molar-refractivity contribution < 1.29 is 38.4 Å². The van der Waals surface area contributed by atoms with Crippen molar-refractivity contribution in [3.05, 3.63) is 43.9 Å². The van der Waals surface area contributed by atoms with Crippen LogP contribution in [0.3, 0.4) is 0 Å². The number of rotatable bonds is 6. The van der Waals surface area contributed by atoms with Crippen LogP contribution in [-0.2, 0) is 44.1 Å². The Kier molecular flexibility index (Phi) is 6.79. The van der Waals surface area contributed by atoms with Crippen LogP contribution in [0.15, 0.2) is 43.9 Å². The predicted octanol–water partition coefficient (Wildman–Crippen LogP) is -3.29. The summed E-state index contributed by atoms with van der Waals surface area (Å²) in [5, 5.41) is 0. The second kappa shape index (κ2) is 8.06. The molecule has 33 heavy (non-hydrogen) atoms. The molecule has 0 saturated carbocycles. The van der Waals surface area contributed by atoms with Gasteiger partial charge in [0.15, 0.2) is 39.3 Å². The van der Waals surface area contributed by atoms with Crippen LogP contribution in [0, 0.1) is 0 Å². The van der Waals surface area contributed by atoms with Gasteiger partial charge >= 0.3 is 0 Å². The molecule has 0 fully saturated rings. The van der Waals surface area contributed by atoms with Crippen LogP contribution < -0.4 is 22.9 Å². The van der Waals surface area contributed by atoms with Crippen LogP contribution >= 0.6 is 0 Å². The van der Waals surface area contributed by atoms with E-state index >= 15 is 0 Å². The molecule has 0 radical (unpaired) electrons. The molecule has 0 heterocycles. The van der Waals surface area contributed by atoms with E-state index in [2.05, 4.69) is 0 Å². The molecule has 0 aliphatic heterocycles. The quantitative estimate of drug-likeness (QED) is 0.188. The second-order valence-corrected chi connectivity index (χ2v) is 15.9. The molecule has 2 aliphatic carbocycles. The molecule has 0 saturated heterocycles. The van der Waals surface area contributed by atoms with Gasteiger partial charge in [0.2, 0.25) is 0 Å². The molecule has 2 aliphatic rings. The van der Waals surface area contributed by atoms with E-state index < -0.39 is 82.5 Å². The lowest BCUT2D eigenvalue weighted by Gasteiger charge is -2.36. The third-order valence-electron chi connectivity index (χ3n) is 4.68. The Balaban J connectivity index is 2.85. The van der Waals surface area contributed by atoms with Crippen LogP contribution in [0.25, 0.3) is 0 Å². The van der Waals surface area contributed by atoms with Gasteiger partial charge in [-0.05, 0) is 12.2 Å². The van der Waals surface area contributed by atoms with Crippen LogP contribution in [0.4, 0.5) is 0 Å². The van der Waals surface area contributed by atoms with Crippen LogP contribution in [0.5, 0.6) is 0 Å². The summed E-state index contributed by atoms with van der Waals surface area (Å²) in [5.74, 6) is 0. The van der Waals surface area contributed by atoms with Gasteiger partial charge in [-0.3, -0.25) is 0 Å². The molecule has 0 amide bonds. The normalized spacial score (nSPS) is 26.1. The fourth-order valence-electron chi connectivity index (χ4n) is 3.64. The SMILES string of the molecule is CS(=O)(=O)C1=C(S(C)(=O)=O)C(N)(N)C=CC1OC1C=CC(N)(N)C(S(C)(=O)=O)=C1S(C)(=O)=O. The molecule has 2 rings (SSSR count). The van der Waals surface area contributed by atoms with E-state index in [4.69, 9.17) is 27.7 Å². The molecule has 8 N–H and O–H groups in total. The topological polar surface area (TPSA) is 250 Å². The highest BCUT2D eigenvalue weighted by Gasteiger charge is 2.46. The van der Waals surface area contributed by atoms with Gasteiger partial charge in [0.1, 0.15) is 23.5 Å². The molecule has 0 aromatic rings. The van der Waals surface area contributed by atoms with Crippen molar-refractivity contribution in [2.75, 3.05) is 25.0 Å². The van der Waals surface area contributed by atoms with E-state index in [1.165, 1.54) is 0 Å². The lowest BCUT2D eigenvalue weighted by Crippen LogP contribution is -2.56. The van der Waals surface area contributed by atoms with Crippen molar-refractivity contribution in [1.29, 1.82) is 0 Å². The number of sulfone groups is 4. The Morgan fingerprint density at radius 3 is 1.09 bits per heavy atom. The molecule has 2 unspecified atom stereocenters. The number of hydrogen-bond acceptors (Lipinski definition) is 13. The first-order valence-electron chi connectivity index (χ1n) is 8.90. The van der Waals surface area contributed by atoms with E-state index in [-0.39, 0.29) is 0 Å². The fourth-order valence-corrected chi connectivity index (χ4v) is 9.98. The van der Waals surface area contributed by atoms with Crippen LogP contribution in [-0.4, -0.2) is 82.2 Å². The lowest BCUT2D eigenvalue weighted by molar-refractivity contribution is 0.0863. The minimum Gasteiger partial charge on any atom is -0.356 e. The Morgan fingerprint density at radius 2 is 0.879 bits per heavy atom. The zero-order valence-electron chi connectivity index (χ0n) is 18.1. The monoisotopic (exact) mass is 546 g/mol. The van der Waals surface area contributed by atoms with Crippen molar-refractivity contribution in [3.63, 3.8) is 0 Å². The maximum atomic E-state index is 12.6. The Labute approximate surface area is 192 Å². The second-order valence-electron chi connectivity index (χ2n) is 8.04. The minimum absolute atomic E-state index is 0.690. The number of ether oxygens (including phenoxy) is 1. The third kappa shape index (κ3) is 5.63. The summed E-state index contributed by atoms with van der Waals surface area (Å²) in [6.45, 7) is 0. The summed E-state index contributed by atoms with van der Waals surface area (Å²) in [6.07, 6.45) is 3.40. The van der Waals surface area contributed by atoms with Crippen molar-refractivity contribution >= 4 is 39.3 Å². The summed E-state index contributed by atoms with van der Waals surface area (Å²) < 4.78 is 105. The Morgan fingerprint density at radius 1 is 0.606 bits per heavy atom. The van der Waals surface area contributed by atoms with Gasteiger partial charge < -0.3 is 27.7 Å². The first-order chi connectivity index (χ1) is 14.4. The first-order valence-corrected chi connectivity index (χ1v) is 16.5. The smallest absolute Gasteiger partial charge is 0.176 e. The standard InChI is InChI=1S/C16H26N4O9S4/c1-30(21,22)11-9(5-7-15(17,18)13(11)32(3,25)26)29-10-6-8-16(19,20)14(33(4,27)28)12(10)31(2,23)24/h5-10H,17-20H2,1-4H3. The molecule has 0 aromatic carbocycles. The maximum absolute atomic E-state index is 12.6. The van der Waals surface area contributed by atoms with Crippen molar-refractivity contribution in [2.45, 2.75) is 23.5 Å². The minimum atomic E-state index is -4.34. The highest BCUT2D eigenvalue weighted by molar-refractivity contribution is 7.99. The molecule has 0 spiro atoms. The van der Waals surface area contributed by atoms with Crippen LogP contribution in [0.1, 0.15) is 0 Å². The van der Waals surface area contributed by atoms with E-state index in [1.54, 1.807) is 0 Å². The average Bonchev–Trinajstić information content (AvgIpc) is 2.52. The number of hydrogen-bond donors (Lipinski definition) is 4. The first kappa shape index (κ1) is 27.8. The summed E-state index contributed by atoms with van der Waals surface area (Å²) in [7, 11) is -17.3. The lowest BCUT2D eigenvalue weighted by atomic mass is 10.0. The summed E-state index contributed by atoms with van der Waals surface area (Å²) in [6, 6.07) is 0. The van der Waals surface area contributed by atoms with E-state index in [1.807, 2.05) is 0 Å². The van der Waals surface area contributed by atoms with Gasteiger partial charge in [-0.25, -0.2) is 33.7 Å². The molecule has 2 atom stereocenters. The van der Waals surface area contributed by atoms with E-state index in [9.17, 15) is 33.7 Å². The fraction of sp³-hybridized carbons (Fsp3) is 0.500. The van der Waals surface area contributed by atoms with Gasteiger partial charge in [0, 0.05) is 25.0 Å². The highest BCUT2D eigenvalue weighted by Crippen LogP contribution is 2.37. The molecule has 17 heteroatoms. The molecular formula is C16H26N4O9S4. The van der Waals surface area contributed by atoms with Crippen molar-refractivity contribution in [1.82, 2.24) is 0 Å². The summed E-state index contributed by atoms with van der Waals surface area (Å²) >= 11 is 0. The zero-order chi connectivity index (χ0) is 26.0. The largest absolute Gasteiger partial charge is 0.356 e. The average molecular weight is 547 g/mol. The maximum Gasteiger partial charge on any atom is 0.176 e. The van der Waals surface area contributed by atoms with Gasteiger partial charge in [-0.1, -0.05) is 12.2 Å². The Hall–Kier alpha value is -1.44. The molecule has 188 valence electrons. The van der Waals surface area contributed by atoms with Gasteiger partial charge in [0.05, 0.1) is 19.6 Å². The highest BCUT2D eigenvalue weighted by atomic mass is 32.2. The zero-order valence-corrected chi connectivity index (χ0v) is 21.3. The Bertz CT molecular complexity index is 1320. The predicted molar refractivity (Wildman–Crippen MR) is 123 cm³/mol.